The summed E-state index contributed by atoms with van der Waals surface area (Å²) in [5.74, 6) is 0.144. The number of carbonyl (C=O) groups is 3. The van der Waals surface area contributed by atoms with Crippen LogP contribution >= 0.6 is 0 Å². The first-order chi connectivity index (χ1) is 13.4. The number of para-hydroxylation sites is 2. The quantitative estimate of drug-likeness (QED) is 0.819. The summed E-state index contributed by atoms with van der Waals surface area (Å²) in [5, 5.41) is 0. The van der Waals surface area contributed by atoms with Crippen LogP contribution in [0.1, 0.15) is 37.9 Å². The Morgan fingerprint density at radius 1 is 1.21 bits per heavy atom. The van der Waals surface area contributed by atoms with E-state index in [-0.39, 0.29) is 30.9 Å². The molecule has 4 amide bonds. The summed E-state index contributed by atoms with van der Waals surface area (Å²) in [6.07, 6.45) is 4.28. The number of urea groups is 1. The van der Waals surface area contributed by atoms with Crippen molar-refractivity contribution in [3.8, 4) is 0 Å². The van der Waals surface area contributed by atoms with Gasteiger partial charge in [-0.1, -0.05) is 31.4 Å². The van der Waals surface area contributed by atoms with Gasteiger partial charge in [-0.2, -0.15) is 0 Å². The van der Waals surface area contributed by atoms with E-state index in [9.17, 15) is 14.4 Å². The fourth-order valence-corrected chi connectivity index (χ4v) is 4.32. The van der Waals surface area contributed by atoms with Gasteiger partial charge in [0.25, 0.3) is 5.91 Å². The maximum absolute atomic E-state index is 13.0. The highest BCUT2D eigenvalue weighted by atomic mass is 16.2. The Hall–Kier alpha value is -2.90. The van der Waals surface area contributed by atoms with E-state index in [1.54, 1.807) is 19.0 Å². The molecule has 148 valence electrons. The molecular weight excluding hydrogens is 358 g/mol. The van der Waals surface area contributed by atoms with E-state index in [0.717, 1.165) is 35.2 Å². The molecule has 2 heterocycles. The molecule has 4 rings (SSSR count). The highest BCUT2D eigenvalue weighted by molar-refractivity contribution is 6.08. The number of likely N-dealkylation sites (N-methyl/N-ethyl adjacent to an activating group) is 2. The zero-order valence-corrected chi connectivity index (χ0v) is 16.3. The Labute approximate surface area is 163 Å². The van der Waals surface area contributed by atoms with Gasteiger partial charge in [0, 0.05) is 14.1 Å². The van der Waals surface area contributed by atoms with Crippen LogP contribution in [0.3, 0.4) is 0 Å². The minimum absolute atomic E-state index is 0.231. The molecule has 0 unspecified atom stereocenters. The maximum Gasteiger partial charge on any atom is 0.327 e. The molecule has 0 atom stereocenters. The minimum Gasteiger partial charge on any atom is -0.340 e. The number of nitrogens with zero attached hydrogens (tertiary/aromatic N) is 4. The fourth-order valence-electron chi connectivity index (χ4n) is 4.32. The van der Waals surface area contributed by atoms with Gasteiger partial charge in [-0.05, 0) is 25.0 Å². The van der Waals surface area contributed by atoms with Gasteiger partial charge in [0.15, 0.2) is 0 Å². The molecule has 1 saturated heterocycles. The van der Waals surface area contributed by atoms with Gasteiger partial charge in [0.2, 0.25) is 5.91 Å². The Morgan fingerprint density at radius 3 is 2.64 bits per heavy atom. The number of benzene rings is 1. The largest absolute Gasteiger partial charge is 0.340 e. The van der Waals surface area contributed by atoms with Gasteiger partial charge < -0.3 is 14.8 Å². The van der Waals surface area contributed by atoms with Crippen LogP contribution in [0.15, 0.2) is 24.3 Å². The molecule has 1 spiro atoms. The lowest BCUT2D eigenvalue weighted by Crippen LogP contribution is -2.49. The van der Waals surface area contributed by atoms with Gasteiger partial charge in [0.05, 0.1) is 17.6 Å². The summed E-state index contributed by atoms with van der Waals surface area (Å²) in [6.45, 7) is 0.0468. The van der Waals surface area contributed by atoms with Crippen LogP contribution in [0.2, 0.25) is 0 Å². The Balaban J connectivity index is 1.45. The zero-order valence-electron chi connectivity index (χ0n) is 16.3. The van der Waals surface area contributed by atoms with Crippen LogP contribution in [0.25, 0.3) is 11.0 Å². The number of fused-ring (bicyclic) bond motifs is 1. The maximum atomic E-state index is 13.0. The first-order valence-electron chi connectivity index (χ1n) is 9.70. The number of hydrogen-bond donors (Lipinski definition) is 1. The molecular formula is C20H25N5O3. The van der Waals surface area contributed by atoms with Crippen molar-refractivity contribution in [3.63, 3.8) is 0 Å². The van der Waals surface area contributed by atoms with Crippen molar-refractivity contribution < 1.29 is 14.4 Å². The van der Waals surface area contributed by atoms with E-state index in [1.807, 2.05) is 24.3 Å². The smallest absolute Gasteiger partial charge is 0.327 e. The molecule has 1 aliphatic carbocycles. The monoisotopic (exact) mass is 383 g/mol. The van der Waals surface area contributed by atoms with Crippen LogP contribution in [0, 0.1) is 0 Å². The standard InChI is InChI=1S/C20H25N5O3/c1-23(12-16-21-14-8-4-5-9-15(14)22-16)17(26)13-25-18(27)20(24(2)19(25)28)10-6-3-7-11-20/h4-5,8-9H,3,6-7,10-13H2,1-2H3,(H,21,22). The van der Waals surface area contributed by atoms with Crippen LogP contribution in [-0.4, -0.2) is 68.7 Å². The lowest BCUT2D eigenvalue weighted by molar-refractivity contribution is -0.140. The number of imidazole rings is 1. The summed E-state index contributed by atoms with van der Waals surface area (Å²) in [5.41, 5.74) is 0.987. The molecule has 28 heavy (non-hydrogen) atoms. The van der Waals surface area contributed by atoms with Crippen molar-refractivity contribution in [3.05, 3.63) is 30.1 Å². The molecule has 1 N–H and O–H groups in total. The molecule has 2 aromatic rings. The first kappa shape index (κ1) is 18.5. The van der Waals surface area contributed by atoms with E-state index < -0.39 is 5.54 Å². The predicted octanol–water partition coefficient (Wildman–Crippen LogP) is 2.12. The Morgan fingerprint density at radius 2 is 1.93 bits per heavy atom. The van der Waals surface area contributed by atoms with E-state index in [4.69, 9.17) is 0 Å². The summed E-state index contributed by atoms with van der Waals surface area (Å²) < 4.78 is 0. The lowest BCUT2D eigenvalue weighted by Gasteiger charge is -2.35. The Kier molecular flexibility index (Phi) is 4.56. The van der Waals surface area contributed by atoms with Gasteiger partial charge in [0.1, 0.15) is 17.9 Å². The van der Waals surface area contributed by atoms with E-state index in [2.05, 4.69) is 9.97 Å². The summed E-state index contributed by atoms with van der Waals surface area (Å²) in [6, 6.07) is 7.27. The number of H-pyrrole nitrogens is 1. The number of carbonyl (C=O) groups excluding carboxylic acids is 3. The molecule has 1 aliphatic heterocycles. The van der Waals surface area contributed by atoms with Crippen molar-refractivity contribution in [1.82, 2.24) is 24.7 Å². The predicted molar refractivity (Wildman–Crippen MR) is 103 cm³/mol. The van der Waals surface area contributed by atoms with Crippen LogP contribution in [0.5, 0.6) is 0 Å². The number of imide groups is 1. The van der Waals surface area contributed by atoms with Crippen LogP contribution in [-0.2, 0) is 16.1 Å². The fraction of sp³-hybridized carbons (Fsp3) is 0.500. The SMILES string of the molecule is CN(Cc1nc2ccccc2[nH]1)C(=O)CN1C(=O)N(C)C2(CCCCC2)C1=O. The van der Waals surface area contributed by atoms with Crippen molar-refractivity contribution >= 4 is 28.9 Å². The molecule has 1 saturated carbocycles. The molecule has 1 aromatic heterocycles. The normalized spacial score (nSPS) is 19.1. The second-order valence-electron chi connectivity index (χ2n) is 7.78. The lowest BCUT2D eigenvalue weighted by atomic mass is 9.81. The van der Waals surface area contributed by atoms with Crippen LogP contribution < -0.4 is 0 Å². The van der Waals surface area contributed by atoms with Crippen molar-refractivity contribution in [1.29, 1.82) is 0 Å². The summed E-state index contributed by atoms with van der Waals surface area (Å²) in [7, 11) is 3.33. The van der Waals surface area contributed by atoms with Crippen LogP contribution in [0.4, 0.5) is 4.79 Å². The Bertz CT molecular complexity index is 898. The number of rotatable bonds is 4. The third kappa shape index (κ3) is 2.93. The van der Waals surface area contributed by atoms with Crippen molar-refractivity contribution in [2.75, 3.05) is 20.6 Å². The second kappa shape index (κ2) is 6.92. The number of nitrogens with one attached hydrogen (secondary N) is 1. The molecule has 2 aliphatic rings. The van der Waals surface area contributed by atoms with Gasteiger partial charge in [-0.3, -0.25) is 14.5 Å². The van der Waals surface area contributed by atoms with E-state index in [0.29, 0.717) is 18.7 Å². The molecule has 8 nitrogen and oxygen atoms in total. The topological polar surface area (TPSA) is 89.6 Å². The van der Waals surface area contributed by atoms with Gasteiger partial charge in [-0.25, -0.2) is 9.78 Å². The molecule has 8 heteroatoms. The second-order valence-corrected chi connectivity index (χ2v) is 7.78. The molecule has 2 fully saturated rings. The highest BCUT2D eigenvalue weighted by Crippen LogP contribution is 2.39. The molecule has 1 aromatic carbocycles. The van der Waals surface area contributed by atoms with Gasteiger partial charge >= 0.3 is 6.03 Å². The number of aromatic nitrogens is 2. The van der Waals surface area contributed by atoms with E-state index >= 15 is 0 Å². The summed E-state index contributed by atoms with van der Waals surface area (Å²) in [4.78, 5) is 50.2. The molecule has 0 bridgehead atoms. The van der Waals surface area contributed by atoms with E-state index in [1.165, 1.54) is 4.90 Å². The van der Waals surface area contributed by atoms with Gasteiger partial charge in [-0.15, -0.1) is 0 Å². The zero-order chi connectivity index (χ0) is 19.9. The van der Waals surface area contributed by atoms with Crippen molar-refractivity contribution in [2.45, 2.75) is 44.2 Å². The average Bonchev–Trinajstić information content (AvgIpc) is 3.18. The summed E-state index contributed by atoms with van der Waals surface area (Å²) >= 11 is 0. The third-order valence-electron chi connectivity index (χ3n) is 6.03. The first-order valence-corrected chi connectivity index (χ1v) is 9.70. The number of amides is 4. The number of hydrogen-bond acceptors (Lipinski definition) is 4. The minimum atomic E-state index is -0.757. The van der Waals surface area contributed by atoms with Crippen molar-refractivity contribution in [2.24, 2.45) is 0 Å². The molecule has 0 radical (unpaired) electrons. The highest BCUT2D eigenvalue weighted by Gasteiger charge is 2.55. The number of aromatic amines is 1. The third-order valence-corrected chi connectivity index (χ3v) is 6.03. The average molecular weight is 383 g/mol.